The first-order valence-corrected chi connectivity index (χ1v) is 9.37. The highest BCUT2D eigenvalue weighted by molar-refractivity contribution is 5.85. The molecule has 0 spiro atoms. The van der Waals surface area contributed by atoms with Crippen molar-refractivity contribution in [1.29, 1.82) is 0 Å². The summed E-state index contributed by atoms with van der Waals surface area (Å²) < 4.78 is 0. The van der Waals surface area contributed by atoms with Gasteiger partial charge in [0, 0.05) is 0 Å². The fourth-order valence-electron chi connectivity index (χ4n) is 7.12. The van der Waals surface area contributed by atoms with E-state index in [1.54, 1.807) is 0 Å². The van der Waals surface area contributed by atoms with Crippen molar-refractivity contribution < 1.29 is 10.3 Å². The summed E-state index contributed by atoms with van der Waals surface area (Å²) in [4.78, 5) is 0. The molecule has 0 aromatic rings. The van der Waals surface area contributed by atoms with Crippen LogP contribution in [-0.2, 0) is 0 Å². The van der Waals surface area contributed by atoms with E-state index < -0.39 is 0 Å². The maximum Gasteiger partial charge on any atom is 0.0596 e. The Balaban J connectivity index is 1.62. The van der Waals surface area contributed by atoms with Gasteiger partial charge in [-0.1, -0.05) is 19.0 Å². The second kappa shape index (κ2) is 4.96. The number of fused-ring (bicyclic) bond motifs is 5. The van der Waals surface area contributed by atoms with Crippen LogP contribution in [0, 0.1) is 34.5 Å². The third-order valence-electron chi connectivity index (χ3n) is 8.59. The highest BCUT2D eigenvalue weighted by Gasteiger charge is 2.59. The summed E-state index contributed by atoms with van der Waals surface area (Å²) in [5.74, 6) is 3.11. The fraction of sp³-hybridized carbons (Fsp3) is 0.947. The average molecular weight is 305 g/mol. The highest BCUT2D eigenvalue weighted by atomic mass is 16.4. The Morgan fingerprint density at radius 1 is 0.955 bits per heavy atom. The lowest BCUT2D eigenvalue weighted by molar-refractivity contribution is -0.112. The van der Waals surface area contributed by atoms with E-state index in [-0.39, 0.29) is 11.5 Å². The van der Waals surface area contributed by atoms with E-state index in [9.17, 15) is 5.11 Å². The molecule has 0 unspecified atom stereocenters. The van der Waals surface area contributed by atoms with Crippen LogP contribution in [0.2, 0.25) is 0 Å². The first kappa shape index (κ1) is 15.0. The van der Waals surface area contributed by atoms with Gasteiger partial charge in [0.05, 0.1) is 11.8 Å². The molecule has 0 aromatic heterocycles. The molecule has 0 amide bonds. The van der Waals surface area contributed by atoms with Crippen LogP contribution < -0.4 is 0 Å². The van der Waals surface area contributed by atoms with Gasteiger partial charge in [0.25, 0.3) is 0 Å². The second-order valence-electron chi connectivity index (χ2n) is 9.16. The molecule has 0 saturated heterocycles. The molecule has 3 heteroatoms. The molecule has 4 fully saturated rings. The monoisotopic (exact) mass is 305 g/mol. The number of nitrogens with zero attached hydrogens (tertiary/aromatic N) is 1. The number of hydrogen-bond donors (Lipinski definition) is 2. The van der Waals surface area contributed by atoms with Gasteiger partial charge in [-0.05, 0) is 92.3 Å². The molecule has 0 bridgehead atoms. The Morgan fingerprint density at radius 2 is 1.73 bits per heavy atom. The Morgan fingerprint density at radius 3 is 2.50 bits per heavy atom. The van der Waals surface area contributed by atoms with Crippen molar-refractivity contribution in [2.24, 2.45) is 39.7 Å². The average Bonchev–Trinajstić information content (AvgIpc) is 2.82. The van der Waals surface area contributed by atoms with Crippen molar-refractivity contribution in [3.63, 3.8) is 0 Å². The minimum Gasteiger partial charge on any atom is -0.411 e. The molecule has 3 nitrogen and oxygen atoms in total. The molecule has 0 aromatic carbocycles. The van der Waals surface area contributed by atoms with Crippen LogP contribution in [0.5, 0.6) is 0 Å². The molecule has 0 aliphatic heterocycles. The Bertz CT molecular complexity index is 490. The molecular weight excluding hydrogens is 274 g/mol. The van der Waals surface area contributed by atoms with Crippen LogP contribution in [-0.4, -0.2) is 22.1 Å². The van der Waals surface area contributed by atoms with Crippen molar-refractivity contribution in [3.05, 3.63) is 0 Å². The first-order valence-electron chi connectivity index (χ1n) is 9.37. The summed E-state index contributed by atoms with van der Waals surface area (Å²) in [6, 6.07) is 0. The van der Waals surface area contributed by atoms with Crippen molar-refractivity contribution in [2.75, 3.05) is 0 Å². The quantitative estimate of drug-likeness (QED) is 0.520. The SMILES string of the molecule is C[C@]12CCC(=NO)C[C@@H]1CC[C@H]1[C@H]2CC[C@@]2(C)[C@@H]1CC[C@@H]2O. The standard InChI is InChI=1S/C19H31NO2/c1-18-9-7-13(20-22)11-12(18)3-4-14-15-5-6-17(21)19(15,2)10-8-16(14)18/h12,14-17,21-22H,3-11H2,1-2H3/t12-,14+,15+,16+,17-,18-,19-/m0/s1. The predicted molar refractivity (Wildman–Crippen MR) is 87.0 cm³/mol. The van der Waals surface area contributed by atoms with Gasteiger partial charge in [-0.3, -0.25) is 0 Å². The van der Waals surface area contributed by atoms with E-state index in [0.29, 0.717) is 11.3 Å². The number of oxime groups is 1. The third-order valence-corrected chi connectivity index (χ3v) is 8.59. The second-order valence-corrected chi connectivity index (χ2v) is 9.16. The summed E-state index contributed by atoms with van der Waals surface area (Å²) in [5.41, 5.74) is 1.65. The number of rotatable bonds is 0. The molecule has 7 atom stereocenters. The molecule has 4 aliphatic rings. The van der Waals surface area contributed by atoms with Crippen molar-refractivity contribution >= 4 is 5.71 Å². The van der Waals surface area contributed by atoms with E-state index >= 15 is 0 Å². The normalized spacial score (nSPS) is 56.3. The van der Waals surface area contributed by atoms with Crippen LogP contribution in [0.4, 0.5) is 0 Å². The number of aliphatic hydroxyl groups excluding tert-OH is 1. The lowest BCUT2D eigenvalue weighted by Crippen LogP contribution is -2.54. The fourth-order valence-corrected chi connectivity index (χ4v) is 7.12. The van der Waals surface area contributed by atoms with Crippen LogP contribution in [0.25, 0.3) is 0 Å². The summed E-state index contributed by atoms with van der Waals surface area (Å²) in [6.45, 7) is 4.88. The van der Waals surface area contributed by atoms with Crippen LogP contribution in [0.15, 0.2) is 5.16 Å². The smallest absolute Gasteiger partial charge is 0.0596 e. The summed E-state index contributed by atoms with van der Waals surface area (Å²) in [5, 5.41) is 23.2. The first-order chi connectivity index (χ1) is 10.5. The number of aliphatic hydroxyl groups is 1. The minimum absolute atomic E-state index is 0.0662. The van der Waals surface area contributed by atoms with E-state index in [4.69, 9.17) is 5.21 Å². The van der Waals surface area contributed by atoms with E-state index in [1.165, 1.54) is 38.5 Å². The van der Waals surface area contributed by atoms with Crippen LogP contribution in [0.3, 0.4) is 0 Å². The third kappa shape index (κ3) is 1.87. The molecule has 124 valence electrons. The predicted octanol–water partition coefficient (Wildman–Crippen LogP) is 4.22. The van der Waals surface area contributed by atoms with Gasteiger partial charge in [0.15, 0.2) is 0 Å². The molecule has 2 N–H and O–H groups in total. The van der Waals surface area contributed by atoms with Gasteiger partial charge in [-0.15, -0.1) is 0 Å². The summed E-state index contributed by atoms with van der Waals surface area (Å²) in [7, 11) is 0. The van der Waals surface area contributed by atoms with Crippen LogP contribution in [0.1, 0.15) is 71.6 Å². The highest BCUT2D eigenvalue weighted by Crippen LogP contribution is 2.65. The van der Waals surface area contributed by atoms with Gasteiger partial charge in [-0.2, -0.15) is 0 Å². The molecule has 22 heavy (non-hydrogen) atoms. The van der Waals surface area contributed by atoms with E-state index in [2.05, 4.69) is 19.0 Å². The van der Waals surface area contributed by atoms with Gasteiger partial charge in [-0.25, -0.2) is 0 Å². The Labute approximate surface area is 134 Å². The summed E-state index contributed by atoms with van der Waals surface area (Å²) in [6.07, 6.45) is 10.5. The largest absolute Gasteiger partial charge is 0.411 e. The lowest BCUT2D eigenvalue weighted by Gasteiger charge is -2.60. The molecule has 4 aliphatic carbocycles. The maximum atomic E-state index is 10.5. The van der Waals surface area contributed by atoms with Gasteiger partial charge >= 0.3 is 0 Å². The van der Waals surface area contributed by atoms with Crippen molar-refractivity contribution in [2.45, 2.75) is 77.7 Å². The molecular formula is C19H31NO2. The zero-order valence-electron chi connectivity index (χ0n) is 14.1. The van der Waals surface area contributed by atoms with E-state index in [0.717, 1.165) is 42.7 Å². The molecule has 4 rings (SSSR count). The van der Waals surface area contributed by atoms with E-state index in [1.807, 2.05) is 0 Å². The topological polar surface area (TPSA) is 52.8 Å². The lowest BCUT2D eigenvalue weighted by atomic mass is 9.45. The van der Waals surface area contributed by atoms with Crippen molar-refractivity contribution in [3.8, 4) is 0 Å². The van der Waals surface area contributed by atoms with Crippen LogP contribution >= 0.6 is 0 Å². The zero-order valence-corrected chi connectivity index (χ0v) is 14.1. The van der Waals surface area contributed by atoms with Crippen molar-refractivity contribution in [1.82, 2.24) is 0 Å². The maximum absolute atomic E-state index is 10.5. The molecule has 0 radical (unpaired) electrons. The Hall–Kier alpha value is -0.570. The number of hydrogen-bond acceptors (Lipinski definition) is 3. The Kier molecular flexibility index (Phi) is 3.38. The minimum atomic E-state index is -0.0662. The summed E-state index contributed by atoms with van der Waals surface area (Å²) >= 11 is 0. The van der Waals surface area contributed by atoms with Gasteiger partial charge < -0.3 is 10.3 Å². The zero-order chi connectivity index (χ0) is 15.5. The van der Waals surface area contributed by atoms with Gasteiger partial charge in [0.1, 0.15) is 0 Å². The molecule has 0 heterocycles. The molecule has 4 saturated carbocycles. The van der Waals surface area contributed by atoms with Gasteiger partial charge in [0.2, 0.25) is 0 Å².